The van der Waals surface area contributed by atoms with Gasteiger partial charge in [-0.2, -0.15) is 0 Å². The van der Waals surface area contributed by atoms with Gasteiger partial charge in [0, 0.05) is 12.7 Å². The fourth-order valence-electron chi connectivity index (χ4n) is 3.31. The lowest BCUT2D eigenvalue weighted by molar-refractivity contribution is 0.0542. The third kappa shape index (κ3) is 5.86. The van der Waals surface area contributed by atoms with Crippen molar-refractivity contribution in [2.24, 2.45) is 11.8 Å². The molecule has 3 atom stereocenters. The van der Waals surface area contributed by atoms with E-state index in [0.717, 1.165) is 18.4 Å². The minimum Gasteiger partial charge on any atom is -0.395 e. The summed E-state index contributed by atoms with van der Waals surface area (Å²) < 4.78 is 12.7. The summed E-state index contributed by atoms with van der Waals surface area (Å²) in [5.74, 6) is 1.57. The average molecular weight is 301 g/mol. The van der Waals surface area contributed by atoms with Gasteiger partial charge in [-0.05, 0) is 51.1 Å². The lowest BCUT2D eigenvalue weighted by Crippen LogP contribution is -2.45. The van der Waals surface area contributed by atoms with Crippen molar-refractivity contribution in [3.63, 3.8) is 0 Å². The van der Waals surface area contributed by atoms with Gasteiger partial charge in [0.05, 0.1) is 0 Å². The van der Waals surface area contributed by atoms with Crippen molar-refractivity contribution in [2.75, 3.05) is 6.61 Å². The van der Waals surface area contributed by atoms with Gasteiger partial charge >= 0.3 is 8.56 Å². The minimum atomic E-state index is -1.99. The summed E-state index contributed by atoms with van der Waals surface area (Å²) in [6.07, 6.45) is 9.72. The first-order valence-corrected chi connectivity index (χ1v) is 11.4. The van der Waals surface area contributed by atoms with Crippen LogP contribution in [-0.2, 0) is 8.85 Å². The summed E-state index contributed by atoms with van der Waals surface area (Å²) in [6, 6.07) is 1.18. The molecule has 1 aliphatic carbocycles. The molecule has 3 unspecified atom stereocenters. The van der Waals surface area contributed by atoms with Crippen LogP contribution in [-0.4, -0.2) is 21.3 Å². The molecule has 1 saturated carbocycles. The van der Waals surface area contributed by atoms with Crippen LogP contribution in [0.4, 0.5) is 0 Å². The van der Waals surface area contributed by atoms with E-state index in [4.69, 9.17) is 8.85 Å². The monoisotopic (exact) mass is 300 g/mol. The summed E-state index contributed by atoms with van der Waals surface area (Å²) in [5.41, 5.74) is 0. The van der Waals surface area contributed by atoms with E-state index in [-0.39, 0.29) is 0 Å². The lowest BCUT2D eigenvalue weighted by atomic mass is 9.82. The molecular formula is C17H36O2Si. The Morgan fingerprint density at radius 3 is 2.35 bits per heavy atom. The Hall–Kier alpha value is 0.137. The maximum atomic E-state index is 6.51. The van der Waals surface area contributed by atoms with Crippen LogP contribution in [0.5, 0.6) is 0 Å². The summed E-state index contributed by atoms with van der Waals surface area (Å²) in [7, 11) is -1.99. The molecule has 1 fully saturated rings. The van der Waals surface area contributed by atoms with Gasteiger partial charge in [-0.15, -0.1) is 0 Å². The molecule has 0 amide bonds. The molecule has 0 spiro atoms. The van der Waals surface area contributed by atoms with Crippen molar-refractivity contribution >= 4 is 8.56 Å². The zero-order chi connectivity index (χ0) is 15.0. The van der Waals surface area contributed by atoms with Crippen LogP contribution < -0.4 is 0 Å². The number of rotatable bonds is 11. The zero-order valence-electron chi connectivity index (χ0n) is 14.4. The van der Waals surface area contributed by atoms with Gasteiger partial charge in [0.25, 0.3) is 0 Å². The van der Waals surface area contributed by atoms with Crippen LogP contribution in [0.3, 0.4) is 0 Å². The normalized spacial score (nSPS) is 22.1. The highest BCUT2D eigenvalue weighted by atomic mass is 28.4. The van der Waals surface area contributed by atoms with Crippen LogP contribution in [0.1, 0.15) is 72.6 Å². The topological polar surface area (TPSA) is 18.5 Å². The predicted molar refractivity (Wildman–Crippen MR) is 89.2 cm³/mol. The van der Waals surface area contributed by atoms with Crippen molar-refractivity contribution < 1.29 is 8.85 Å². The lowest BCUT2D eigenvalue weighted by Gasteiger charge is -2.38. The summed E-state index contributed by atoms with van der Waals surface area (Å²) in [4.78, 5) is 0. The SMILES string of the molecule is CCCCC(CC)C[Si](C)(OCC)OC(C)C1CCC1. The first-order valence-electron chi connectivity index (χ1n) is 8.86. The fraction of sp³-hybridized carbons (Fsp3) is 1.00. The van der Waals surface area contributed by atoms with E-state index in [9.17, 15) is 0 Å². The third-order valence-electron chi connectivity index (χ3n) is 4.90. The maximum absolute atomic E-state index is 6.51. The van der Waals surface area contributed by atoms with E-state index >= 15 is 0 Å². The van der Waals surface area contributed by atoms with Crippen molar-refractivity contribution in [3.8, 4) is 0 Å². The van der Waals surface area contributed by atoms with Gasteiger partial charge in [-0.25, -0.2) is 0 Å². The molecule has 0 aliphatic heterocycles. The van der Waals surface area contributed by atoms with Crippen LogP contribution in [0, 0.1) is 11.8 Å². The van der Waals surface area contributed by atoms with Gasteiger partial charge in [0.15, 0.2) is 0 Å². The molecule has 0 aromatic rings. The Morgan fingerprint density at radius 2 is 1.90 bits per heavy atom. The van der Waals surface area contributed by atoms with Crippen molar-refractivity contribution in [2.45, 2.75) is 91.3 Å². The van der Waals surface area contributed by atoms with E-state index in [1.807, 2.05) is 0 Å². The van der Waals surface area contributed by atoms with Crippen molar-refractivity contribution in [3.05, 3.63) is 0 Å². The molecule has 0 heterocycles. The second-order valence-corrected chi connectivity index (χ2v) is 9.90. The summed E-state index contributed by atoms with van der Waals surface area (Å²) >= 11 is 0. The summed E-state index contributed by atoms with van der Waals surface area (Å²) in [5, 5.41) is 0. The fourth-order valence-corrected chi connectivity index (χ4v) is 6.73. The number of hydrogen-bond donors (Lipinski definition) is 0. The largest absolute Gasteiger partial charge is 0.395 e. The molecule has 0 radical (unpaired) electrons. The molecule has 0 bridgehead atoms. The van der Waals surface area contributed by atoms with Gasteiger partial charge in [-0.1, -0.05) is 46.0 Å². The Balaban J connectivity index is 2.53. The second-order valence-electron chi connectivity index (χ2n) is 6.70. The Kier molecular flexibility index (Phi) is 8.38. The molecule has 120 valence electrons. The van der Waals surface area contributed by atoms with Crippen LogP contribution >= 0.6 is 0 Å². The average Bonchev–Trinajstić information content (AvgIpc) is 2.32. The van der Waals surface area contributed by atoms with E-state index in [2.05, 4.69) is 34.2 Å². The van der Waals surface area contributed by atoms with Crippen LogP contribution in [0.2, 0.25) is 12.6 Å². The zero-order valence-corrected chi connectivity index (χ0v) is 15.4. The standard InChI is InChI=1S/C17H36O2Si/c1-6-9-11-16(7-2)14-20(5,18-8-3)19-15(4)17-12-10-13-17/h15-17H,6-14H2,1-5H3. The Labute approximate surface area is 127 Å². The predicted octanol–water partition coefficient (Wildman–Crippen LogP) is 5.52. The second kappa shape index (κ2) is 9.21. The molecule has 0 aromatic carbocycles. The highest BCUT2D eigenvalue weighted by Gasteiger charge is 2.38. The first kappa shape index (κ1) is 18.2. The van der Waals surface area contributed by atoms with Crippen molar-refractivity contribution in [1.82, 2.24) is 0 Å². The van der Waals surface area contributed by atoms with Gasteiger partial charge < -0.3 is 8.85 Å². The highest BCUT2D eigenvalue weighted by molar-refractivity contribution is 6.66. The smallest absolute Gasteiger partial charge is 0.335 e. The molecule has 1 rings (SSSR count). The minimum absolute atomic E-state index is 0.399. The van der Waals surface area contributed by atoms with E-state index in [1.165, 1.54) is 51.0 Å². The third-order valence-corrected chi connectivity index (χ3v) is 7.99. The van der Waals surface area contributed by atoms with E-state index in [0.29, 0.717) is 6.10 Å². The maximum Gasteiger partial charge on any atom is 0.335 e. The van der Waals surface area contributed by atoms with Crippen LogP contribution in [0.15, 0.2) is 0 Å². The van der Waals surface area contributed by atoms with E-state index in [1.54, 1.807) is 0 Å². The molecule has 0 saturated heterocycles. The van der Waals surface area contributed by atoms with Gasteiger partial charge in [-0.3, -0.25) is 0 Å². The molecule has 20 heavy (non-hydrogen) atoms. The Morgan fingerprint density at radius 1 is 1.20 bits per heavy atom. The van der Waals surface area contributed by atoms with E-state index < -0.39 is 8.56 Å². The van der Waals surface area contributed by atoms with Gasteiger partial charge in [0.2, 0.25) is 0 Å². The number of unbranched alkanes of at least 4 members (excludes halogenated alkanes) is 1. The molecular weight excluding hydrogens is 264 g/mol. The first-order chi connectivity index (χ1) is 9.54. The Bertz CT molecular complexity index is 255. The number of hydrogen-bond acceptors (Lipinski definition) is 2. The molecule has 1 aliphatic rings. The highest BCUT2D eigenvalue weighted by Crippen LogP contribution is 2.34. The van der Waals surface area contributed by atoms with Crippen LogP contribution in [0.25, 0.3) is 0 Å². The quantitative estimate of drug-likeness (QED) is 0.468. The molecule has 0 aromatic heterocycles. The summed E-state index contributed by atoms with van der Waals surface area (Å²) in [6.45, 7) is 12.1. The molecule has 2 nitrogen and oxygen atoms in total. The van der Waals surface area contributed by atoms with Crippen molar-refractivity contribution in [1.29, 1.82) is 0 Å². The molecule has 0 N–H and O–H groups in total. The van der Waals surface area contributed by atoms with Gasteiger partial charge in [0.1, 0.15) is 0 Å². The molecule has 3 heteroatoms.